The van der Waals surface area contributed by atoms with Crippen LogP contribution in [-0.2, 0) is 7.05 Å². The number of pyridine rings is 1. The Morgan fingerprint density at radius 2 is 1.90 bits per heavy atom. The first-order chi connectivity index (χ1) is 19.4. The van der Waals surface area contributed by atoms with Crippen molar-refractivity contribution in [1.29, 1.82) is 0 Å². The minimum absolute atomic E-state index is 0.0167. The topological polar surface area (TPSA) is 90.7 Å². The summed E-state index contributed by atoms with van der Waals surface area (Å²) in [7, 11) is 4.76. The number of methoxy groups -OCH3 is 2. The summed E-state index contributed by atoms with van der Waals surface area (Å²) in [5, 5.41) is 4.07. The van der Waals surface area contributed by atoms with Gasteiger partial charge in [-0.15, -0.1) is 0 Å². The minimum atomic E-state index is -0.606. The number of hydrogen-bond donors (Lipinski definition) is 1. The smallest absolute Gasteiger partial charge is 0.262 e. The van der Waals surface area contributed by atoms with Gasteiger partial charge in [0.25, 0.3) is 5.56 Å². The lowest BCUT2D eigenvalue weighted by molar-refractivity contribution is 0.216. The van der Waals surface area contributed by atoms with Crippen LogP contribution >= 0.6 is 0 Å². The van der Waals surface area contributed by atoms with Gasteiger partial charge in [-0.25, -0.2) is 9.37 Å². The van der Waals surface area contributed by atoms with Crippen molar-refractivity contribution in [3.63, 3.8) is 0 Å². The number of ether oxygens (including phenoxy) is 3. The maximum Gasteiger partial charge on any atom is 0.262 e. The predicted octanol–water partition coefficient (Wildman–Crippen LogP) is 5.23. The molecule has 0 radical (unpaired) electrons. The zero-order valence-corrected chi connectivity index (χ0v) is 23.2. The Bertz CT molecular complexity index is 1570. The molecule has 0 aliphatic carbocycles. The second-order valence-electron chi connectivity index (χ2n) is 9.90. The number of halogens is 1. The zero-order chi connectivity index (χ0) is 28.2. The molecular weight excluding hydrogens is 513 g/mol. The molecule has 2 aromatic heterocycles. The van der Waals surface area contributed by atoms with Gasteiger partial charge in [-0.2, -0.15) is 0 Å². The average Bonchev–Trinajstić information content (AvgIpc) is 2.96. The molecule has 10 heteroatoms. The number of nitrogens with zero attached hydrogens (tertiary/aromatic N) is 4. The number of rotatable bonds is 9. The maximum atomic E-state index is 15.3. The Balaban J connectivity index is 1.38. The highest BCUT2D eigenvalue weighted by atomic mass is 19.1. The van der Waals surface area contributed by atoms with Crippen molar-refractivity contribution in [2.45, 2.75) is 32.2 Å². The van der Waals surface area contributed by atoms with Gasteiger partial charge in [-0.3, -0.25) is 14.3 Å². The molecule has 1 atom stereocenters. The van der Waals surface area contributed by atoms with Crippen LogP contribution in [0.3, 0.4) is 0 Å². The number of piperidine rings is 1. The van der Waals surface area contributed by atoms with E-state index in [-0.39, 0.29) is 17.4 Å². The van der Waals surface area contributed by atoms with Crippen LogP contribution in [0.5, 0.6) is 23.0 Å². The lowest BCUT2D eigenvalue weighted by Crippen LogP contribution is -2.43. The molecule has 1 fully saturated rings. The summed E-state index contributed by atoms with van der Waals surface area (Å²) in [5.41, 5.74) is 1.00. The summed E-state index contributed by atoms with van der Waals surface area (Å²) < 4.78 is 33.5. The molecule has 1 unspecified atom stereocenters. The monoisotopic (exact) mass is 547 g/mol. The fourth-order valence-electron chi connectivity index (χ4n) is 5.22. The molecule has 0 saturated carbocycles. The third kappa shape index (κ3) is 5.44. The number of hydrogen-bond acceptors (Lipinski definition) is 8. The highest BCUT2D eigenvalue weighted by Gasteiger charge is 2.21. The second-order valence-corrected chi connectivity index (χ2v) is 9.90. The van der Waals surface area contributed by atoms with Crippen LogP contribution in [-0.4, -0.2) is 59.3 Å². The molecule has 9 nitrogen and oxygen atoms in total. The van der Waals surface area contributed by atoms with Crippen LogP contribution in [0.25, 0.3) is 22.0 Å². The van der Waals surface area contributed by atoms with Crippen molar-refractivity contribution in [2.75, 3.05) is 39.2 Å². The van der Waals surface area contributed by atoms with E-state index in [2.05, 4.69) is 27.1 Å². The highest BCUT2D eigenvalue weighted by molar-refractivity contribution is 5.92. The van der Waals surface area contributed by atoms with E-state index in [9.17, 15) is 4.79 Å². The molecule has 1 saturated heterocycles. The highest BCUT2D eigenvalue weighted by Crippen LogP contribution is 2.39. The van der Waals surface area contributed by atoms with Crippen molar-refractivity contribution >= 4 is 16.9 Å². The Morgan fingerprint density at radius 1 is 1.07 bits per heavy atom. The third-order valence-corrected chi connectivity index (χ3v) is 7.22. The lowest BCUT2D eigenvalue weighted by Gasteiger charge is -2.33. The van der Waals surface area contributed by atoms with Crippen molar-refractivity contribution in [1.82, 2.24) is 19.4 Å². The number of likely N-dealkylation sites (tertiary alicyclic amines) is 1. The number of aromatic nitrogens is 3. The van der Waals surface area contributed by atoms with Crippen molar-refractivity contribution in [3.05, 3.63) is 65.0 Å². The molecule has 1 N–H and O–H groups in total. The van der Waals surface area contributed by atoms with Crippen LogP contribution in [0.1, 0.15) is 26.2 Å². The summed E-state index contributed by atoms with van der Waals surface area (Å²) in [6, 6.07) is 9.85. The van der Waals surface area contributed by atoms with Crippen LogP contribution < -0.4 is 25.1 Å². The van der Waals surface area contributed by atoms with Crippen LogP contribution in [0.15, 0.2) is 53.6 Å². The Morgan fingerprint density at radius 3 is 2.65 bits per heavy atom. The standard InChI is InChI=1S/C30H34FN5O4/c1-5-14-36-15-6-7-20(18-36)34-30-33-17-22(29(37)35(30)2)19-8-10-25(23(31)16-19)40-24-12-13-32-27-21(24)9-11-26(38-3)28(27)39-4/h8-13,16-17,20H,5-7,14-15,18H2,1-4H3,(H,33,34). The van der Waals surface area contributed by atoms with Gasteiger partial charge in [0.2, 0.25) is 5.95 Å². The first-order valence-corrected chi connectivity index (χ1v) is 13.5. The first kappa shape index (κ1) is 27.4. The van der Waals surface area contributed by atoms with Gasteiger partial charge in [0, 0.05) is 37.4 Å². The van der Waals surface area contributed by atoms with E-state index in [0.29, 0.717) is 45.2 Å². The van der Waals surface area contributed by atoms with Crippen molar-refractivity contribution in [3.8, 4) is 34.1 Å². The fraction of sp³-hybridized carbons (Fsp3) is 0.367. The SMILES string of the molecule is CCCN1CCCC(Nc2ncc(-c3ccc(Oc4ccnc5c(OC)c(OC)ccc45)c(F)c3)c(=O)n2C)C1. The summed E-state index contributed by atoms with van der Waals surface area (Å²) >= 11 is 0. The summed E-state index contributed by atoms with van der Waals surface area (Å²) in [5.74, 6) is 1.32. The fourth-order valence-corrected chi connectivity index (χ4v) is 5.22. The van der Waals surface area contributed by atoms with E-state index >= 15 is 4.39 Å². The molecule has 0 amide bonds. The summed E-state index contributed by atoms with van der Waals surface area (Å²) in [6.07, 6.45) is 6.31. The molecule has 210 valence electrons. The molecule has 1 aliphatic rings. The predicted molar refractivity (Wildman–Crippen MR) is 153 cm³/mol. The Hall–Kier alpha value is -4.18. The van der Waals surface area contributed by atoms with Gasteiger partial charge in [0.15, 0.2) is 23.1 Å². The van der Waals surface area contributed by atoms with E-state index < -0.39 is 5.82 Å². The van der Waals surface area contributed by atoms with Crippen LogP contribution in [0.4, 0.5) is 10.3 Å². The van der Waals surface area contributed by atoms with Gasteiger partial charge in [0.1, 0.15) is 11.3 Å². The molecular formula is C30H34FN5O4. The van der Waals surface area contributed by atoms with Crippen LogP contribution in [0, 0.1) is 5.82 Å². The molecule has 5 rings (SSSR count). The summed E-state index contributed by atoms with van der Waals surface area (Å²) in [6.45, 7) is 5.27. The molecule has 40 heavy (non-hydrogen) atoms. The van der Waals surface area contributed by atoms with E-state index in [1.165, 1.54) is 30.0 Å². The van der Waals surface area contributed by atoms with E-state index in [4.69, 9.17) is 14.2 Å². The number of benzene rings is 2. The first-order valence-electron chi connectivity index (χ1n) is 13.5. The summed E-state index contributed by atoms with van der Waals surface area (Å²) in [4.78, 5) is 24.6. The number of nitrogens with one attached hydrogen (secondary N) is 1. The Labute approximate surface area is 232 Å². The largest absolute Gasteiger partial charge is 0.493 e. The molecule has 3 heterocycles. The van der Waals surface area contributed by atoms with Gasteiger partial charge < -0.3 is 24.4 Å². The van der Waals surface area contributed by atoms with Gasteiger partial charge >= 0.3 is 0 Å². The quantitative estimate of drug-likeness (QED) is 0.305. The molecule has 0 spiro atoms. The number of fused-ring (bicyclic) bond motifs is 1. The number of anilines is 1. The molecule has 2 aromatic carbocycles. The van der Waals surface area contributed by atoms with E-state index in [0.717, 1.165) is 38.9 Å². The van der Waals surface area contributed by atoms with E-state index in [1.54, 1.807) is 44.6 Å². The Kier molecular flexibility index (Phi) is 8.16. The van der Waals surface area contributed by atoms with Gasteiger partial charge in [-0.1, -0.05) is 13.0 Å². The van der Waals surface area contributed by atoms with Crippen molar-refractivity contribution in [2.24, 2.45) is 7.05 Å². The van der Waals surface area contributed by atoms with Gasteiger partial charge in [-0.05, 0) is 68.2 Å². The average molecular weight is 548 g/mol. The molecule has 4 aromatic rings. The lowest BCUT2D eigenvalue weighted by atomic mass is 10.1. The second kappa shape index (κ2) is 11.9. The molecule has 1 aliphatic heterocycles. The minimum Gasteiger partial charge on any atom is -0.493 e. The van der Waals surface area contributed by atoms with Gasteiger partial charge in [0.05, 0.1) is 19.8 Å². The normalized spacial score (nSPS) is 15.7. The molecule has 0 bridgehead atoms. The maximum absolute atomic E-state index is 15.3. The third-order valence-electron chi connectivity index (χ3n) is 7.22. The van der Waals surface area contributed by atoms with E-state index in [1.807, 2.05) is 0 Å². The van der Waals surface area contributed by atoms with Crippen LogP contribution in [0.2, 0.25) is 0 Å². The zero-order valence-electron chi connectivity index (χ0n) is 23.2. The van der Waals surface area contributed by atoms with Crippen molar-refractivity contribution < 1.29 is 18.6 Å².